The molecule has 124 valence electrons. The number of amides is 1. The first-order valence-corrected chi connectivity index (χ1v) is 7.30. The van der Waals surface area contributed by atoms with E-state index in [1.807, 2.05) is 18.2 Å². The summed E-state index contributed by atoms with van der Waals surface area (Å²) < 4.78 is 0. The van der Waals surface area contributed by atoms with E-state index in [-0.39, 0.29) is 11.3 Å². The van der Waals surface area contributed by atoms with Gasteiger partial charge in [0.05, 0.1) is 10.5 Å². The molecule has 0 atom stereocenters. The van der Waals surface area contributed by atoms with Crippen molar-refractivity contribution in [3.05, 3.63) is 82.9 Å². The van der Waals surface area contributed by atoms with Crippen molar-refractivity contribution < 1.29 is 9.72 Å². The fraction of sp³-hybridized carbons (Fsp3) is 0. The van der Waals surface area contributed by atoms with Gasteiger partial charge in [-0.1, -0.05) is 6.07 Å². The van der Waals surface area contributed by atoms with Gasteiger partial charge >= 0.3 is 0 Å². The molecule has 0 unspecified atom stereocenters. The maximum absolute atomic E-state index is 12.3. The van der Waals surface area contributed by atoms with E-state index in [1.165, 1.54) is 12.3 Å². The van der Waals surface area contributed by atoms with Gasteiger partial charge in [-0.15, -0.1) is 0 Å². The predicted molar refractivity (Wildman–Crippen MR) is 92.8 cm³/mol. The zero-order chi connectivity index (χ0) is 17.6. The van der Waals surface area contributed by atoms with E-state index >= 15 is 0 Å². The molecule has 0 fully saturated rings. The minimum Gasteiger partial charge on any atom is -0.355 e. The van der Waals surface area contributed by atoms with Crippen LogP contribution in [0.2, 0.25) is 0 Å². The van der Waals surface area contributed by atoms with Crippen LogP contribution < -0.4 is 10.6 Å². The van der Waals surface area contributed by atoms with E-state index in [0.29, 0.717) is 5.69 Å². The van der Waals surface area contributed by atoms with Crippen LogP contribution in [0.15, 0.2) is 67.3 Å². The fourth-order valence-electron chi connectivity index (χ4n) is 2.13. The van der Waals surface area contributed by atoms with Crippen molar-refractivity contribution in [3.8, 4) is 0 Å². The first-order valence-electron chi connectivity index (χ1n) is 7.30. The van der Waals surface area contributed by atoms with E-state index in [2.05, 4.69) is 20.6 Å². The highest BCUT2D eigenvalue weighted by molar-refractivity contribution is 6.04. The number of nitrogens with zero attached hydrogens (tertiary/aromatic N) is 3. The third-order valence-corrected chi connectivity index (χ3v) is 3.29. The molecule has 2 N–H and O–H groups in total. The molecule has 25 heavy (non-hydrogen) atoms. The lowest BCUT2D eigenvalue weighted by Crippen LogP contribution is -2.12. The van der Waals surface area contributed by atoms with Crippen LogP contribution >= 0.6 is 0 Å². The van der Waals surface area contributed by atoms with Crippen molar-refractivity contribution in [2.24, 2.45) is 0 Å². The van der Waals surface area contributed by atoms with E-state index < -0.39 is 10.8 Å². The highest BCUT2D eigenvalue weighted by Gasteiger charge is 2.12. The molecule has 0 saturated carbocycles. The Morgan fingerprint density at radius 2 is 1.72 bits per heavy atom. The van der Waals surface area contributed by atoms with Crippen molar-refractivity contribution >= 4 is 28.7 Å². The smallest absolute Gasteiger partial charge is 0.288 e. The lowest BCUT2D eigenvalue weighted by molar-refractivity contribution is -0.385. The minimum absolute atomic E-state index is 0.113. The monoisotopic (exact) mass is 335 g/mol. The Morgan fingerprint density at radius 1 is 0.960 bits per heavy atom. The maximum Gasteiger partial charge on any atom is 0.288 e. The molecule has 0 aliphatic carbocycles. The van der Waals surface area contributed by atoms with Gasteiger partial charge in [-0.05, 0) is 30.3 Å². The number of nitrogens with one attached hydrogen (secondary N) is 2. The van der Waals surface area contributed by atoms with Gasteiger partial charge in [0.2, 0.25) is 0 Å². The van der Waals surface area contributed by atoms with E-state index in [1.54, 1.807) is 30.6 Å². The Kier molecular flexibility index (Phi) is 4.61. The summed E-state index contributed by atoms with van der Waals surface area (Å²) in [5.41, 5.74) is 2.07. The third-order valence-electron chi connectivity index (χ3n) is 3.29. The lowest BCUT2D eigenvalue weighted by atomic mass is 10.2. The number of pyridine rings is 2. The van der Waals surface area contributed by atoms with Crippen LogP contribution in [-0.4, -0.2) is 20.8 Å². The summed E-state index contributed by atoms with van der Waals surface area (Å²) in [4.78, 5) is 30.1. The van der Waals surface area contributed by atoms with Crippen LogP contribution in [0.25, 0.3) is 0 Å². The summed E-state index contributed by atoms with van der Waals surface area (Å²) in [6.07, 6.45) is 5.71. The van der Waals surface area contributed by atoms with Crippen LogP contribution in [0.5, 0.6) is 0 Å². The van der Waals surface area contributed by atoms with Crippen molar-refractivity contribution in [2.75, 3.05) is 10.6 Å². The Bertz CT molecular complexity index is 915. The zero-order valence-electron chi connectivity index (χ0n) is 12.9. The molecule has 0 aliphatic rings. The first kappa shape index (κ1) is 16.1. The zero-order valence-corrected chi connectivity index (χ0v) is 12.9. The standard InChI is InChI=1S/C17H13N5O3/c23-17(12-8-16(22(24)25)11-19-10-12)21-15-3-1-2-14(9-15)20-13-4-6-18-7-5-13/h1-11H,(H,18,20)(H,21,23). The Balaban J connectivity index is 1.74. The molecule has 0 saturated heterocycles. The molecule has 2 heterocycles. The minimum atomic E-state index is -0.594. The normalized spacial score (nSPS) is 10.1. The molecular formula is C17H13N5O3. The summed E-state index contributed by atoms with van der Waals surface area (Å²) in [7, 11) is 0. The second-order valence-electron chi connectivity index (χ2n) is 5.08. The molecule has 8 nitrogen and oxygen atoms in total. The van der Waals surface area contributed by atoms with Crippen molar-refractivity contribution in [3.63, 3.8) is 0 Å². The number of carbonyl (C=O) groups excluding carboxylic acids is 1. The molecule has 1 aromatic carbocycles. The molecule has 0 bridgehead atoms. The van der Waals surface area contributed by atoms with Crippen molar-refractivity contribution in [1.29, 1.82) is 0 Å². The predicted octanol–water partition coefficient (Wildman–Crippen LogP) is 3.38. The Labute approximate surface area is 142 Å². The molecule has 0 aliphatic heterocycles. The SMILES string of the molecule is O=C(Nc1cccc(Nc2ccncc2)c1)c1cncc([N+](=O)[O-])c1. The quantitative estimate of drug-likeness (QED) is 0.546. The summed E-state index contributed by atoms with van der Waals surface area (Å²) >= 11 is 0. The fourth-order valence-corrected chi connectivity index (χ4v) is 2.13. The Hall–Kier alpha value is -3.81. The van der Waals surface area contributed by atoms with E-state index in [0.717, 1.165) is 17.6 Å². The molecule has 1 amide bonds. The first-order chi connectivity index (χ1) is 12.1. The molecule has 2 aromatic heterocycles. The largest absolute Gasteiger partial charge is 0.355 e. The van der Waals surface area contributed by atoms with Gasteiger partial charge in [0.25, 0.3) is 11.6 Å². The molecule has 3 rings (SSSR count). The molecule has 0 radical (unpaired) electrons. The average molecular weight is 335 g/mol. The number of hydrogen-bond acceptors (Lipinski definition) is 6. The van der Waals surface area contributed by atoms with Gasteiger partial charge in [0, 0.05) is 41.7 Å². The van der Waals surface area contributed by atoms with Gasteiger partial charge in [-0.25, -0.2) is 0 Å². The number of rotatable bonds is 5. The molecule has 8 heteroatoms. The summed E-state index contributed by atoms with van der Waals surface area (Å²) in [5, 5.41) is 16.7. The number of hydrogen-bond donors (Lipinski definition) is 2. The van der Waals surface area contributed by atoms with Crippen LogP contribution in [0, 0.1) is 10.1 Å². The number of carbonyl (C=O) groups is 1. The van der Waals surface area contributed by atoms with Gasteiger partial charge in [-0.2, -0.15) is 0 Å². The van der Waals surface area contributed by atoms with Crippen LogP contribution in [0.3, 0.4) is 0 Å². The lowest BCUT2D eigenvalue weighted by Gasteiger charge is -2.09. The summed E-state index contributed by atoms with van der Waals surface area (Å²) in [5.74, 6) is -0.475. The number of benzene rings is 1. The van der Waals surface area contributed by atoms with Crippen LogP contribution in [0.4, 0.5) is 22.7 Å². The average Bonchev–Trinajstić information content (AvgIpc) is 2.63. The van der Waals surface area contributed by atoms with E-state index in [4.69, 9.17) is 0 Å². The third kappa shape index (κ3) is 4.14. The van der Waals surface area contributed by atoms with Crippen molar-refractivity contribution in [2.45, 2.75) is 0 Å². The highest BCUT2D eigenvalue weighted by Crippen LogP contribution is 2.20. The second-order valence-corrected chi connectivity index (χ2v) is 5.08. The highest BCUT2D eigenvalue weighted by atomic mass is 16.6. The second kappa shape index (κ2) is 7.18. The number of nitro groups is 1. The Morgan fingerprint density at radius 3 is 2.48 bits per heavy atom. The van der Waals surface area contributed by atoms with Gasteiger partial charge < -0.3 is 10.6 Å². The summed E-state index contributed by atoms with van der Waals surface area (Å²) in [6, 6.07) is 11.9. The van der Waals surface area contributed by atoms with Crippen LogP contribution in [-0.2, 0) is 0 Å². The van der Waals surface area contributed by atoms with Gasteiger partial charge in [0.1, 0.15) is 6.20 Å². The van der Waals surface area contributed by atoms with E-state index in [9.17, 15) is 14.9 Å². The van der Waals surface area contributed by atoms with Gasteiger partial charge in [-0.3, -0.25) is 24.9 Å². The summed E-state index contributed by atoms with van der Waals surface area (Å²) in [6.45, 7) is 0. The molecule has 3 aromatic rings. The van der Waals surface area contributed by atoms with Crippen molar-refractivity contribution in [1.82, 2.24) is 9.97 Å². The molecular weight excluding hydrogens is 322 g/mol. The number of aromatic nitrogens is 2. The number of anilines is 3. The topological polar surface area (TPSA) is 110 Å². The maximum atomic E-state index is 12.3. The van der Waals surface area contributed by atoms with Crippen LogP contribution in [0.1, 0.15) is 10.4 Å². The molecule has 0 spiro atoms. The van der Waals surface area contributed by atoms with Gasteiger partial charge in [0.15, 0.2) is 0 Å².